The average molecular weight is 438 g/mol. The van der Waals surface area contributed by atoms with E-state index in [0.717, 1.165) is 18.4 Å². The number of anilines is 1. The van der Waals surface area contributed by atoms with E-state index in [1.807, 2.05) is 23.1 Å². The first-order chi connectivity index (χ1) is 15.0. The lowest BCUT2D eigenvalue weighted by Gasteiger charge is -2.32. The van der Waals surface area contributed by atoms with E-state index in [4.69, 9.17) is 22.8 Å². The van der Waals surface area contributed by atoms with E-state index in [-0.39, 0.29) is 23.5 Å². The van der Waals surface area contributed by atoms with Gasteiger partial charge in [-0.05, 0) is 36.6 Å². The maximum Gasteiger partial charge on any atom is 0.256 e. The molecule has 0 saturated carbocycles. The number of ether oxygens (including phenoxy) is 1. The Morgan fingerprint density at radius 2 is 2.16 bits per heavy atom. The van der Waals surface area contributed by atoms with Gasteiger partial charge in [-0.25, -0.2) is 0 Å². The molecular formula is C23H20ClN3O4. The van der Waals surface area contributed by atoms with Crippen molar-refractivity contribution in [3.63, 3.8) is 0 Å². The summed E-state index contributed by atoms with van der Waals surface area (Å²) >= 11 is 6.42. The van der Waals surface area contributed by atoms with E-state index < -0.39 is 17.5 Å². The second-order valence-electron chi connectivity index (χ2n) is 8.11. The number of nitrogens with one attached hydrogen (secondary N) is 1. The first kappa shape index (κ1) is 19.9. The van der Waals surface area contributed by atoms with E-state index >= 15 is 0 Å². The van der Waals surface area contributed by atoms with Crippen LogP contribution in [-0.4, -0.2) is 41.0 Å². The van der Waals surface area contributed by atoms with Crippen molar-refractivity contribution in [2.24, 2.45) is 0 Å². The molecule has 7 nitrogen and oxygen atoms in total. The Balaban J connectivity index is 1.66. The zero-order chi connectivity index (χ0) is 21.8. The number of halogens is 1. The summed E-state index contributed by atoms with van der Waals surface area (Å²) in [5.74, 6) is 2.00. The summed E-state index contributed by atoms with van der Waals surface area (Å²) in [6.07, 6.45) is 6.90. The van der Waals surface area contributed by atoms with Crippen LogP contribution in [0.1, 0.15) is 29.9 Å². The standard InChI is InChI=1S/C23H20ClN3O4/c1-2-12-31-19-10-9-14(13-16(19)24)20-18-8-5-11-26(18)23(21(20)27(29)30)15-6-3-4-7-17(15)25-22(23)28/h1,3-4,6-7,9-10,13,18,20-21H,5,8,11-12H2,(H,25,28)/t18-,20+,21-,23-/m0/s1. The number of carbonyl (C=O) groups excluding carboxylic acids is 1. The van der Waals surface area contributed by atoms with Gasteiger partial charge in [-0.2, -0.15) is 0 Å². The monoisotopic (exact) mass is 437 g/mol. The number of amides is 1. The van der Waals surface area contributed by atoms with Crippen LogP contribution in [0.25, 0.3) is 0 Å². The lowest BCUT2D eigenvalue weighted by atomic mass is 9.77. The molecule has 0 unspecified atom stereocenters. The summed E-state index contributed by atoms with van der Waals surface area (Å²) in [5.41, 5.74) is 0.709. The van der Waals surface area contributed by atoms with Gasteiger partial charge in [0.05, 0.1) is 10.9 Å². The van der Waals surface area contributed by atoms with Crippen molar-refractivity contribution in [3.05, 3.63) is 68.7 Å². The van der Waals surface area contributed by atoms with Crippen LogP contribution in [0.3, 0.4) is 0 Å². The molecule has 0 aromatic heterocycles. The van der Waals surface area contributed by atoms with Crippen LogP contribution in [0.4, 0.5) is 5.69 Å². The largest absolute Gasteiger partial charge is 0.479 e. The van der Waals surface area contributed by atoms with E-state index in [1.165, 1.54) is 0 Å². The van der Waals surface area contributed by atoms with Gasteiger partial charge in [0.1, 0.15) is 12.4 Å². The molecule has 1 amide bonds. The zero-order valence-electron chi connectivity index (χ0n) is 16.6. The second kappa shape index (κ2) is 7.26. The number of rotatable bonds is 4. The Bertz CT molecular complexity index is 1130. The summed E-state index contributed by atoms with van der Waals surface area (Å²) in [6.45, 7) is 0.709. The van der Waals surface area contributed by atoms with Gasteiger partial charge in [0.25, 0.3) is 11.9 Å². The zero-order valence-corrected chi connectivity index (χ0v) is 17.3. The van der Waals surface area contributed by atoms with Gasteiger partial charge in [-0.3, -0.25) is 19.8 Å². The molecule has 1 N–H and O–H groups in total. The molecule has 3 heterocycles. The van der Waals surface area contributed by atoms with Crippen LogP contribution in [0, 0.1) is 22.5 Å². The van der Waals surface area contributed by atoms with Crippen LogP contribution in [0.2, 0.25) is 5.02 Å². The molecule has 1 spiro atoms. The normalized spacial score (nSPS) is 28.8. The average Bonchev–Trinajstić information content (AvgIpc) is 3.40. The van der Waals surface area contributed by atoms with Crippen molar-refractivity contribution in [3.8, 4) is 18.1 Å². The minimum Gasteiger partial charge on any atom is -0.479 e. The predicted molar refractivity (Wildman–Crippen MR) is 116 cm³/mol. The summed E-state index contributed by atoms with van der Waals surface area (Å²) in [4.78, 5) is 27.7. The highest BCUT2D eigenvalue weighted by molar-refractivity contribution is 6.32. The number of nitro groups is 1. The fraction of sp³-hybridized carbons (Fsp3) is 0.348. The molecule has 31 heavy (non-hydrogen) atoms. The molecule has 3 aliphatic rings. The molecule has 2 aromatic carbocycles. The Kier molecular flexibility index (Phi) is 4.65. The molecule has 3 aliphatic heterocycles. The van der Waals surface area contributed by atoms with Gasteiger partial charge in [-0.1, -0.05) is 41.8 Å². The molecule has 4 atom stereocenters. The third kappa shape index (κ3) is 2.68. The second-order valence-corrected chi connectivity index (χ2v) is 8.51. The summed E-state index contributed by atoms with van der Waals surface area (Å²) in [5, 5.41) is 15.8. The molecule has 2 aromatic rings. The lowest BCUT2D eigenvalue weighted by molar-refractivity contribution is -0.534. The minimum atomic E-state index is -1.34. The third-order valence-corrected chi connectivity index (χ3v) is 7.04. The van der Waals surface area contributed by atoms with Crippen molar-refractivity contribution in [2.75, 3.05) is 18.5 Å². The lowest BCUT2D eigenvalue weighted by Crippen LogP contribution is -2.55. The summed E-state index contributed by atoms with van der Waals surface area (Å²) in [6, 6.07) is 11.2. The van der Waals surface area contributed by atoms with E-state index in [9.17, 15) is 14.9 Å². The van der Waals surface area contributed by atoms with Gasteiger partial charge >= 0.3 is 0 Å². The quantitative estimate of drug-likeness (QED) is 0.450. The Hall–Kier alpha value is -3.08. The molecule has 2 fully saturated rings. The SMILES string of the molecule is C#CCOc1ccc([C@H]2[C@H]([N+](=O)[O-])[C@@]3(C(=O)Nc4ccccc43)N3CCC[C@@H]23)cc1Cl. The number of hydrogen-bond acceptors (Lipinski definition) is 5. The fourth-order valence-corrected chi connectivity index (χ4v) is 5.98. The van der Waals surface area contributed by atoms with Gasteiger partial charge in [-0.15, -0.1) is 6.42 Å². The molecule has 158 valence electrons. The number of fused-ring (bicyclic) bond motifs is 4. The molecule has 8 heteroatoms. The van der Waals surface area contributed by atoms with Crippen LogP contribution < -0.4 is 10.1 Å². The van der Waals surface area contributed by atoms with E-state index in [0.29, 0.717) is 28.6 Å². The molecule has 2 saturated heterocycles. The third-order valence-electron chi connectivity index (χ3n) is 6.75. The first-order valence-electron chi connectivity index (χ1n) is 10.2. The predicted octanol–water partition coefficient (Wildman–Crippen LogP) is 3.41. The van der Waals surface area contributed by atoms with Gasteiger partial charge in [0.2, 0.25) is 0 Å². The molecule has 5 rings (SSSR count). The topological polar surface area (TPSA) is 84.7 Å². The van der Waals surface area contributed by atoms with Crippen molar-refractivity contribution < 1.29 is 14.5 Å². The highest BCUT2D eigenvalue weighted by Gasteiger charge is 2.73. The molecular weight excluding hydrogens is 418 g/mol. The van der Waals surface area contributed by atoms with Crippen molar-refractivity contribution in [1.29, 1.82) is 0 Å². The van der Waals surface area contributed by atoms with Crippen LogP contribution in [0.15, 0.2) is 42.5 Å². The molecule has 0 radical (unpaired) electrons. The maximum atomic E-state index is 13.4. The van der Waals surface area contributed by atoms with Crippen LogP contribution in [-0.2, 0) is 10.3 Å². The highest BCUT2D eigenvalue weighted by Crippen LogP contribution is 2.58. The van der Waals surface area contributed by atoms with Gasteiger partial charge in [0, 0.05) is 28.8 Å². The summed E-state index contributed by atoms with van der Waals surface area (Å²) < 4.78 is 5.44. The Morgan fingerprint density at radius 1 is 1.35 bits per heavy atom. The Morgan fingerprint density at radius 3 is 2.90 bits per heavy atom. The Labute approximate surface area is 184 Å². The van der Waals surface area contributed by atoms with Crippen molar-refractivity contribution in [2.45, 2.75) is 36.4 Å². The number of para-hydroxylation sites is 1. The van der Waals surface area contributed by atoms with Gasteiger partial charge in [0.15, 0.2) is 5.54 Å². The fourth-order valence-electron chi connectivity index (χ4n) is 5.74. The van der Waals surface area contributed by atoms with Crippen LogP contribution in [0.5, 0.6) is 5.75 Å². The maximum absolute atomic E-state index is 13.4. The highest BCUT2D eigenvalue weighted by atomic mass is 35.5. The smallest absolute Gasteiger partial charge is 0.256 e. The van der Waals surface area contributed by atoms with Gasteiger partial charge < -0.3 is 10.1 Å². The van der Waals surface area contributed by atoms with Crippen molar-refractivity contribution >= 4 is 23.2 Å². The number of carbonyl (C=O) groups is 1. The molecule has 0 aliphatic carbocycles. The number of hydrogen-bond donors (Lipinski definition) is 1. The number of terminal acetylenes is 1. The van der Waals surface area contributed by atoms with Crippen LogP contribution >= 0.6 is 11.6 Å². The minimum absolute atomic E-state index is 0.0798. The van der Waals surface area contributed by atoms with E-state index in [1.54, 1.807) is 24.3 Å². The van der Waals surface area contributed by atoms with Crippen molar-refractivity contribution in [1.82, 2.24) is 4.90 Å². The first-order valence-corrected chi connectivity index (χ1v) is 10.5. The summed E-state index contributed by atoms with van der Waals surface area (Å²) in [7, 11) is 0. The molecule has 0 bridgehead atoms. The van der Waals surface area contributed by atoms with E-state index in [2.05, 4.69) is 11.2 Å². The number of nitrogens with zero attached hydrogens (tertiary/aromatic N) is 2. The number of benzene rings is 2.